The minimum Gasteiger partial charge on any atom is -0.352 e. The molecule has 7 nitrogen and oxygen atoms in total. The summed E-state index contributed by atoms with van der Waals surface area (Å²) in [6, 6.07) is 13.7. The predicted molar refractivity (Wildman–Crippen MR) is 142 cm³/mol. The van der Waals surface area contributed by atoms with Crippen LogP contribution in [-0.2, 0) is 26.2 Å². The third kappa shape index (κ3) is 8.85. The van der Waals surface area contributed by atoms with Gasteiger partial charge in [0.1, 0.15) is 6.04 Å². The maximum absolute atomic E-state index is 13.3. The van der Waals surface area contributed by atoms with Crippen LogP contribution < -0.4 is 9.62 Å². The molecule has 0 saturated heterocycles. The lowest BCUT2D eigenvalue weighted by molar-refractivity contribution is -0.140. The SMILES string of the molecule is CC[C@@H](C)NC(=O)[C@H](C)N(Cc1cccc(C)c1)C(=O)CCCN(c1ccc(Cl)cc1)S(C)(=O)=O. The monoisotopic (exact) mass is 521 g/mol. The molecule has 2 rings (SSSR count). The summed E-state index contributed by atoms with van der Waals surface area (Å²) in [5, 5.41) is 3.46. The Bertz CT molecular complexity index is 1110. The van der Waals surface area contributed by atoms with Crippen LogP contribution in [0.2, 0.25) is 5.02 Å². The number of hydrogen-bond acceptors (Lipinski definition) is 4. The smallest absolute Gasteiger partial charge is 0.242 e. The maximum Gasteiger partial charge on any atom is 0.242 e. The van der Waals surface area contributed by atoms with Gasteiger partial charge in [-0.3, -0.25) is 13.9 Å². The molecule has 0 saturated carbocycles. The van der Waals surface area contributed by atoms with E-state index < -0.39 is 16.1 Å². The van der Waals surface area contributed by atoms with Gasteiger partial charge in [0.2, 0.25) is 21.8 Å². The predicted octanol–water partition coefficient (Wildman–Crippen LogP) is 4.53. The fourth-order valence-corrected chi connectivity index (χ4v) is 4.76. The number of nitrogens with zero attached hydrogens (tertiary/aromatic N) is 2. The minimum absolute atomic E-state index is 0.00330. The molecule has 2 aromatic rings. The van der Waals surface area contributed by atoms with Crippen LogP contribution in [0.5, 0.6) is 0 Å². The van der Waals surface area contributed by atoms with Crippen molar-refractivity contribution < 1.29 is 18.0 Å². The molecule has 9 heteroatoms. The molecule has 0 aliphatic heterocycles. The van der Waals surface area contributed by atoms with E-state index in [0.717, 1.165) is 23.8 Å². The van der Waals surface area contributed by atoms with Gasteiger partial charge in [0.15, 0.2) is 0 Å². The molecule has 2 amide bonds. The van der Waals surface area contributed by atoms with Crippen LogP contribution in [0.3, 0.4) is 0 Å². The fraction of sp³-hybridized carbons (Fsp3) is 0.462. The molecular weight excluding hydrogens is 486 g/mol. The van der Waals surface area contributed by atoms with Gasteiger partial charge < -0.3 is 10.2 Å². The summed E-state index contributed by atoms with van der Waals surface area (Å²) >= 11 is 5.93. The second-order valence-corrected chi connectivity index (χ2v) is 11.3. The number of hydrogen-bond donors (Lipinski definition) is 1. The van der Waals surface area contributed by atoms with Crippen LogP contribution in [-0.4, -0.2) is 50.0 Å². The molecule has 0 aromatic heterocycles. The molecule has 0 aliphatic rings. The first-order valence-electron chi connectivity index (χ1n) is 11.8. The van der Waals surface area contributed by atoms with Crippen molar-refractivity contribution in [3.63, 3.8) is 0 Å². The van der Waals surface area contributed by atoms with Crippen LogP contribution in [0.4, 0.5) is 5.69 Å². The summed E-state index contributed by atoms with van der Waals surface area (Å²) < 4.78 is 26.0. The topological polar surface area (TPSA) is 86.8 Å². The first kappa shape index (κ1) is 28.7. The summed E-state index contributed by atoms with van der Waals surface area (Å²) in [5.74, 6) is -0.415. The standard InChI is InChI=1S/C26H36ClN3O4S/c1-6-20(3)28-26(32)21(4)29(18-22-10-7-9-19(2)17-22)25(31)11-8-16-30(35(5,33)34)24-14-12-23(27)13-15-24/h7,9-10,12-15,17,20-21H,6,8,11,16,18H2,1-5H3,(H,28,32)/t20-,21+/m1/s1. The van der Waals surface area contributed by atoms with Gasteiger partial charge in [-0.1, -0.05) is 48.4 Å². The second kappa shape index (κ2) is 12.9. The quantitative estimate of drug-likeness (QED) is 0.444. The second-order valence-electron chi connectivity index (χ2n) is 8.92. The van der Waals surface area contributed by atoms with Crippen LogP contribution in [0, 0.1) is 6.92 Å². The molecule has 2 aromatic carbocycles. The van der Waals surface area contributed by atoms with Crippen LogP contribution >= 0.6 is 11.6 Å². The number of amides is 2. The Morgan fingerprint density at radius 3 is 2.31 bits per heavy atom. The Morgan fingerprint density at radius 2 is 1.74 bits per heavy atom. The van der Waals surface area contributed by atoms with Gasteiger partial charge in [0.25, 0.3) is 0 Å². The zero-order valence-electron chi connectivity index (χ0n) is 21.1. The lowest BCUT2D eigenvalue weighted by Gasteiger charge is -2.30. The van der Waals surface area contributed by atoms with E-state index in [0.29, 0.717) is 23.7 Å². The van der Waals surface area contributed by atoms with E-state index in [1.54, 1.807) is 36.1 Å². The van der Waals surface area contributed by atoms with Crippen molar-refractivity contribution >= 4 is 39.1 Å². The molecule has 0 spiro atoms. The van der Waals surface area contributed by atoms with Crippen molar-refractivity contribution in [2.45, 2.75) is 65.6 Å². The Balaban J connectivity index is 2.16. The summed E-state index contributed by atoms with van der Waals surface area (Å²) in [4.78, 5) is 27.7. The minimum atomic E-state index is -3.55. The van der Waals surface area contributed by atoms with Crippen molar-refractivity contribution in [2.24, 2.45) is 0 Å². The average Bonchev–Trinajstić information content (AvgIpc) is 2.79. The van der Waals surface area contributed by atoms with Crippen molar-refractivity contribution in [1.29, 1.82) is 0 Å². The van der Waals surface area contributed by atoms with E-state index in [9.17, 15) is 18.0 Å². The van der Waals surface area contributed by atoms with Gasteiger partial charge in [-0.05, 0) is 63.4 Å². The zero-order chi connectivity index (χ0) is 26.2. The molecular formula is C26H36ClN3O4S. The lowest BCUT2D eigenvalue weighted by atomic mass is 10.1. The first-order chi connectivity index (χ1) is 16.4. The number of carbonyl (C=O) groups is 2. The van der Waals surface area contributed by atoms with Gasteiger partial charge in [-0.2, -0.15) is 0 Å². The Morgan fingerprint density at radius 1 is 1.09 bits per heavy atom. The van der Waals surface area contributed by atoms with E-state index >= 15 is 0 Å². The molecule has 1 N–H and O–H groups in total. The Kier molecular flexibility index (Phi) is 10.6. The van der Waals surface area contributed by atoms with Crippen molar-refractivity contribution in [2.75, 3.05) is 17.1 Å². The summed E-state index contributed by atoms with van der Waals surface area (Å²) in [6.07, 6.45) is 2.33. The van der Waals surface area contributed by atoms with Gasteiger partial charge in [0, 0.05) is 30.6 Å². The van der Waals surface area contributed by atoms with E-state index in [2.05, 4.69) is 5.32 Å². The molecule has 192 valence electrons. The number of halogens is 1. The first-order valence-corrected chi connectivity index (χ1v) is 14.0. The molecule has 0 aliphatic carbocycles. The van der Waals surface area contributed by atoms with Crippen molar-refractivity contribution in [3.8, 4) is 0 Å². The number of anilines is 1. The Labute approximate surface area is 214 Å². The normalized spacial score (nSPS) is 13.1. The molecule has 0 fully saturated rings. The highest BCUT2D eigenvalue weighted by Gasteiger charge is 2.27. The molecule has 0 heterocycles. The van der Waals surface area contributed by atoms with Gasteiger partial charge in [-0.15, -0.1) is 0 Å². The summed E-state index contributed by atoms with van der Waals surface area (Å²) in [5.41, 5.74) is 2.49. The Hall–Kier alpha value is -2.58. The van der Waals surface area contributed by atoms with Crippen LogP contribution in [0.1, 0.15) is 51.2 Å². The van der Waals surface area contributed by atoms with Gasteiger partial charge >= 0.3 is 0 Å². The summed E-state index contributed by atoms with van der Waals surface area (Å²) in [6.45, 7) is 8.04. The molecule has 0 radical (unpaired) electrons. The van der Waals surface area contributed by atoms with E-state index in [1.165, 1.54) is 4.31 Å². The lowest BCUT2D eigenvalue weighted by Crippen LogP contribution is -2.49. The fourth-order valence-electron chi connectivity index (χ4n) is 3.67. The van der Waals surface area contributed by atoms with Gasteiger partial charge in [-0.25, -0.2) is 8.42 Å². The maximum atomic E-state index is 13.3. The van der Waals surface area contributed by atoms with E-state index in [1.807, 2.05) is 45.0 Å². The van der Waals surface area contributed by atoms with Gasteiger partial charge in [0.05, 0.1) is 11.9 Å². The van der Waals surface area contributed by atoms with Crippen LogP contribution in [0.25, 0.3) is 0 Å². The molecule has 0 bridgehead atoms. The highest BCUT2D eigenvalue weighted by molar-refractivity contribution is 7.92. The van der Waals surface area contributed by atoms with E-state index in [4.69, 9.17) is 11.6 Å². The highest BCUT2D eigenvalue weighted by atomic mass is 35.5. The average molecular weight is 522 g/mol. The summed E-state index contributed by atoms with van der Waals surface area (Å²) in [7, 11) is -3.55. The number of carbonyl (C=O) groups excluding carboxylic acids is 2. The van der Waals surface area contributed by atoms with Crippen molar-refractivity contribution in [3.05, 3.63) is 64.7 Å². The third-order valence-electron chi connectivity index (χ3n) is 5.87. The number of sulfonamides is 1. The highest BCUT2D eigenvalue weighted by Crippen LogP contribution is 2.21. The van der Waals surface area contributed by atoms with Crippen molar-refractivity contribution in [1.82, 2.24) is 10.2 Å². The third-order valence-corrected chi connectivity index (χ3v) is 7.32. The van der Waals surface area contributed by atoms with Crippen LogP contribution in [0.15, 0.2) is 48.5 Å². The molecule has 0 unspecified atom stereocenters. The number of benzene rings is 2. The largest absolute Gasteiger partial charge is 0.352 e. The zero-order valence-corrected chi connectivity index (χ0v) is 22.7. The molecule has 35 heavy (non-hydrogen) atoms. The van der Waals surface area contributed by atoms with E-state index in [-0.39, 0.29) is 30.8 Å². The number of aryl methyl sites for hydroxylation is 1. The number of nitrogens with one attached hydrogen (secondary N) is 1. The molecule has 2 atom stereocenters. The number of rotatable bonds is 12.